The molecule has 0 aliphatic rings. The molecule has 0 aliphatic carbocycles. The fourth-order valence-corrected chi connectivity index (χ4v) is 1.95. The van der Waals surface area contributed by atoms with E-state index in [0.29, 0.717) is 12.1 Å². The molecule has 1 rings (SSSR count). The van der Waals surface area contributed by atoms with Crippen LogP contribution in [-0.4, -0.2) is 47.1 Å². The predicted molar refractivity (Wildman–Crippen MR) is 75.9 cm³/mol. The summed E-state index contributed by atoms with van der Waals surface area (Å²) in [6.07, 6.45) is -4.95. The molecule has 0 saturated carbocycles. The second-order valence-electron chi connectivity index (χ2n) is 5.45. The summed E-state index contributed by atoms with van der Waals surface area (Å²) in [7, 11) is 3.21. The Hall–Kier alpha value is -2.20. The number of nitro benzene ring substituents is 1. The second kappa shape index (κ2) is 6.50. The zero-order valence-electron chi connectivity index (χ0n) is 12.6. The molecule has 0 radical (unpaired) electrons. The van der Waals surface area contributed by atoms with Crippen molar-refractivity contribution in [3.05, 3.63) is 33.9 Å². The molecule has 1 unspecified atom stereocenters. The number of likely N-dealkylation sites (N-methyl/N-ethyl adjacent to an activating group) is 1. The van der Waals surface area contributed by atoms with Crippen molar-refractivity contribution in [3.8, 4) is 0 Å². The summed E-state index contributed by atoms with van der Waals surface area (Å²) in [5.74, 6) is -0.923. The number of benzene rings is 1. The molecule has 0 aromatic heterocycles. The van der Waals surface area contributed by atoms with E-state index in [9.17, 15) is 33.2 Å². The summed E-state index contributed by atoms with van der Waals surface area (Å²) >= 11 is 0. The summed E-state index contributed by atoms with van der Waals surface area (Å²) in [6, 6.07) is 2.08. The summed E-state index contributed by atoms with van der Waals surface area (Å²) in [5.41, 5.74) is -4.74. The highest BCUT2D eigenvalue weighted by Crippen LogP contribution is 2.37. The first-order chi connectivity index (χ1) is 10.3. The topological polar surface area (TPSA) is 95.7 Å². The van der Waals surface area contributed by atoms with Crippen molar-refractivity contribution in [3.63, 3.8) is 0 Å². The molecule has 0 aliphatic heterocycles. The summed E-state index contributed by atoms with van der Waals surface area (Å²) in [6.45, 7) is 1.15. The molecule has 1 atom stereocenters. The van der Waals surface area contributed by atoms with E-state index < -0.39 is 33.9 Å². The van der Waals surface area contributed by atoms with Crippen LogP contribution >= 0.6 is 0 Å². The van der Waals surface area contributed by atoms with Crippen LogP contribution in [0.3, 0.4) is 0 Å². The number of carbonyl (C=O) groups is 1. The molecule has 23 heavy (non-hydrogen) atoms. The quantitative estimate of drug-likeness (QED) is 0.632. The monoisotopic (exact) mass is 335 g/mol. The number of halogens is 3. The number of nitrogens with one attached hydrogen (secondary N) is 1. The number of nitro groups is 1. The van der Waals surface area contributed by atoms with E-state index in [1.807, 2.05) is 0 Å². The van der Waals surface area contributed by atoms with Crippen LogP contribution < -0.4 is 5.32 Å². The Balaban J connectivity index is 3.12. The smallest absolute Gasteiger partial charge is 0.379 e. The maximum absolute atomic E-state index is 12.9. The molecule has 2 N–H and O–H groups in total. The van der Waals surface area contributed by atoms with Crippen LogP contribution in [0.25, 0.3) is 0 Å². The maximum Gasteiger partial charge on any atom is 0.423 e. The number of hydrogen-bond acceptors (Lipinski definition) is 5. The molecule has 0 bridgehead atoms. The minimum atomic E-state index is -4.95. The van der Waals surface area contributed by atoms with E-state index in [1.54, 1.807) is 14.1 Å². The normalized spacial score (nSPS) is 14.4. The van der Waals surface area contributed by atoms with Gasteiger partial charge in [0.15, 0.2) is 5.60 Å². The fourth-order valence-electron chi connectivity index (χ4n) is 1.95. The largest absolute Gasteiger partial charge is 0.423 e. The molecule has 1 amide bonds. The van der Waals surface area contributed by atoms with Gasteiger partial charge in [-0.25, -0.2) is 0 Å². The number of hydrogen-bond donors (Lipinski definition) is 2. The fraction of sp³-hybridized carbons (Fsp3) is 0.462. The van der Waals surface area contributed by atoms with Gasteiger partial charge in [-0.15, -0.1) is 0 Å². The third-order valence-electron chi connectivity index (χ3n) is 2.87. The molecule has 1 aromatic carbocycles. The zero-order valence-corrected chi connectivity index (χ0v) is 12.6. The first-order valence-corrected chi connectivity index (χ1v) is 6.39. The van der Waals surface area contributed by atoms with E-state index >= 15 is 0 Å². The molecule has 0 spiro atoms. The number of alkyl halides is 3. The third-order valence-corrected chi connectivity index (χ3v) is 2.87. The number of rotatable bonds is 5. The third kappa shape index (κ3) is 4.89. The highest BCUT2D eigenvalue weighted by molar-refractivity contribution is 5.97. The van der Waals surface area contributed by atoms with Crippen LogP contribution in [0.4, 0.5) is 24.5 Å². The Bertz CT molecular complexity index is 615. The van der Waals surface area contributed by atoms with E-state index in [4.69, 9.17) is 0 Å². The Labute approximate surface area is 129 Å². The minimum Gasteiger partial charge on any atom is -0.379 e. The van der Waals surface area contributed by atoms with Crippen LogP contribution in [0.2, 0.25) is 0 Å². The number of amides is 1. The lowest BCUT2D eigenvalue weighted by Gasteiger charge is -2.25. The van der Waals surface area contributed by atoms with Crippen molar-refractivity contribution in [1.82, 2.24) is 4.90 Å². The average Bonchev–Trinajstić information content (AvgIpc) is 2.35. The van der Waals surface area contributed by atoms with Crippen LogP contribution in [0, 0.1) is 10.1 Å². The van der Waals surface area contributed by atoms with Gasteiger partial charge in [-0.05, 0) is 33.2 Å². The van der Waals surface area contributed by atoms with Gasteiger partial charge in [0.1, 0.15) is 5.56 Å². The standard InChI is InChI=1S/C13H16F3N3O4/c1-12(21,7-18(2)3)11(20)17-8-4-5-10(19(22)23)9(6-8)13(14,15)16/h4-6,21H,7H2,1-3H3,(H,17,20). The SMILES string of the molecule is CN(C)CC(C)(O)C(=O)Nc1ccc([N+](=O)[O-])c(C(F)(F)F)c1. The van der Waals surface area contributed by atoms with Gasteiger partial charge in [-0.3, -0.25) is 14.9 Å². The number of carbonyl (C=O) groups excluding carboxylic acids is 1. The maximum atomic E-state index is 12.9. The molecule has 1 aromatic rings. The molecule has 7 nitrogen and oxygen atoms in total. The van der Waals surface area contributed by atoms with Crippen molar-refractivity contribution < 1.29 is 28.0 Å². The first-order valence-electron chi connectivity index (χ1n) is 6.39. The van der Waals surface area contributed by atoms with Crippen LogP contribution in [-0.2, 0) is 11.0 Å². The number of nitrogens with zero attached hydrogens (tertiary/aromatic N) is 2. The van der Waals surface area contributed by atoms with Crippen molar-refractivity contribution in [2.75, 3.05) is 26.0 Å². The lowest BCUT2D eigenvalue weighted by molar-refractivity contribution is -0.388. The van der Waals surface area contributed by atoms with Crippen molar-refractivity contribution in [1.29, 1.82) is 0 Å². The van der Waals surface area contributed by atoms with Crippen molar-refractivity contribution >= 4 is 17.3 Å². The minimum absolute atomic E-state index is 0.0576. The Kier molecular flexibility index (Phi) is 5.33. The molecule has 0 heterocycles. The van der Waals surface area contributed by atoms with Crippen LogP contribution in [0.5, 0.6) is 0 Å². The zero-order chi connectivity index (χ0) is 18.0. The van der Waals surface area contributed by atoms with Gasteiger partial charge >= 0.3 is 6.18 Å². The van der Waals surface area contributed by atoms with Gasteiger partial charge in [0.05, 0.1) is 4.92 Å². The van der Waals surface area contributed by atoms with E-state index in [1.165, 1.54) is 11.8 Å². The van der Waals surface area contributed by atoms with E-state index in [2.05, 4.69) is 5.32 Å². The Morgan fingerprint density at radius 3 is 2.39 bits per heavy atom. The van der Waals surface area contributed by atoms with E-state index in [0.717, 1.165) is 6.07 Å². The molecule has 0 fully saturated rings. The molecule has 128 valence electrons. The summed E-state index contributed by atoms with van der Waals surface area (Å²) in [4.78, 5) is 23.0. The van der Waals surface area contributed by atoms with Gasteiger partial charge in [0.25, 0.3) is 11.6 Å². The first kappa shape index (κ1) is 18.8. The highest BCUT2D eigenvalue weighted by Gasteiger charge is 2.39. The van der Waals surface area contributed by atoms with Gasteiger partial charge in [0.2, 0.25) is 0 Å². The van der Waals surface area contributed by atoms with Gasteiger partial charge < -0.3 is 15.3 Å². The molecular weight excluding hydrogens is 319 g/mol. The summed E-state index contributed by atoms with van der Waals surface area (Å²) in [5, 5.41) is 22.8. The van der Waals surface area contributed by atoms with Crippen LogP contribution in [0.15, 0.2) is 18.2 Å². The van der Waals surface area contributed by atoms with Crippen molar-refractivity contribution in [2.45, 2.75) is 18.7 Å². The van der Waals surface area contributed by atoms with Gasteiger partial charge in [-0.2, -0.15) is 13.2 Å². The molecule has 0 saturated heterocycles. The van der Waals surface area contributed by atoms with Gasteiger partial charge in [-0.1, -0.05) is 0 Å². The molecular formula is C13H16F3N3O4. The average molecular weight is 335 g/mol. The molecule has 10 heteroatoms. The Morgan fingerprint density at radius 2 is 1.96 bits per heavy atom. The second-order valence-corrected chi connectivity index (χ2v) is 5.45. The van der Waals surface area contributed by atoms with E-state index in [-0.39, 0.29) is 12.2 Å². The van der Waals surface area contributed by atoms with Crippen LogP contribution in [0.1, 0.15) is 12.5 Å². The lowest BCUT2D eigenvalue weighted by atomic mass is 10.1. The highest BCUT2D eigenvalue weighted by atomic mass is 19.4. The van der Waals surface area contributed by atoms with Crippen molar-refractivity contribution in [2.24, 2.45) is 0 Å². The lowest BCUT2D eigenvalue weighted by Crippen LogP contribution is -2.47. The summed E-state index contributed by atoms with van der Waals surface area (Å²) < 4.78 is 38.6. The Morgan fingerprint density at radius 1 is 1.39 bits per heavy atom. The van der Waals surface area contributed by atoms with Gasteiger partial charge in [0, 0.05) is 18.3 Å². The number of aliphatic hydroxyl groups is 1. The predicted octanol–water partition coefficient (Wildman–Crippen LogP) is 1.86. The number of anilines is 1.